The molecular weight excluding hydrogens is 336 g/mol. The third kappa shape index (κ3) is 3.38. The molecule has 2 heterocycles. The van der Waals surface area contributed by atoms with E-state index < -0.39 is 18.2 Å². The number of nitrogens with zero attached hydrogens (tertiary/aromatic N) is 4. The first-order valence-corrected chi connectivity index (χ1v) is 8.29. The molecule has 1 aromatic carbocycles. The van der Waals surface area contributed by atoms with Crippen LogP contribution in [0.25, 0.3) is 0 Å². The summed E-state index contributed by atoms with van der Waals surface area (Å²) in [5, 5.41) is 6.73. The van der Waals surface area contributed by atoms with Crippen molar-refractivity contribution in [3.05, 3.63) is 35.9 Å². The van der Waals surface area contributed by atoms with Crippen LogP contribution in [0.2, 0.25) is 0 Å². The van der Waals surface area contributed by atoms with Gasteiger partial charge in [-0.05, 0) is 12.5 Å². The Bertz CT molecular complexity index is 748. The first-order valence-electron chi connectivity index (χ1n) is 8.29. The molecule has 0 bridgehead atoms. The molecular formula is C17H22N6O3. The molecule has 2 aliphatic heterocycles. The van der Waals surface area contributed by atoms with Gasteiger partial charge in [-0.2, -0.15) is 5.10 Å². The second kappa shape index (κ2) is 7.52. The first-order chi connectivity index (χ1) is 12.5. The van der Waals surface area contributed by atoms with Crippen molar-refractivity contribution in [3.8, 4) is 0 Å². The molecule has 3 amide bonds. The third-order valence-corrected chi connectivity index (χ3v) is 4.41. The number of amides is 3. The van der Waals surface area contributed by atoms with Gasteiger partial charge >= 0.3 is 6.03 Å². The summed E-state index contributed by atoms with van der Waals surface area (Å²) in [6.07, 6.45) is -0.595. The number of nitrogens with one attached hydrogen (secondary N) is 2. The number of fused-ring (bicyclic) bond motifs is 1. The van der Waals surface area contributed by atoms with Gasteiger partial charge in [-0.15, -0.1) is 0 Å². The van der Waals surface area contributed by atoms with Gasteiger partial charge in [-0.25, -0.2) is 15.2 Å². The van der Waals surface area contributed by atoms with Gasteiger partial charge < -0.3 is 14.5 Å². The zero-order chi connectivity index (χ0) is 18.7. The van der Waals surface area contributed by atoms with Crippen LogP contribution >= 0.6 is 0 Å². The number of imide groups is 1. The minimum Gasteiger partial charge on any atom is -0.383 e. The number of benzene rings is 1. The summed E-state index contributed by atoms with van der Waals surface area (Å²) >= 11 is 0. The van der Waals surface area contributed by atoms with E-state index >= 15 is 0 Å². The molecule has 26 heavy (non-hydrogen) atoms. The Labute approximate surface area is 151 Å². The lowest BCUT2D eigenvalue weighted by Crippen LogP contribution is -2.64. The minimum atomic E-state index is -0.609. The molecule has 2 N–H and O–H groups in total. The molecule has 1 saturated heterocycles. The Kier molecular flexibility index (Phi) is 5.17. The quantitative estimate of drug-likeness (QED) is 0.579. The molecule has 138 valence electrons. The number of carbonyl (C=O) groups excluding carboxylic acids is 2. The molecule has 0 spiro atoms. The highest BCUT2D eigenvalue weighted by Gasteiger charge is 2.48. The van der Waals surface area contributed by atoms with E-state index in [-0.39, 0.29) is 5.91 Å². The predicted octanol–water partition coefficient (Wildman–Crippen LogP) is 0.195. The Hall–Kier alpha value is -2.94. The summed E-state index contributed by atoms with van der Waals surface area (Å²) in [6.45, 7) is 2.74. The second-order valence-electron chi connectivity index (χ2n) is 6.08. The van der Waals surface area contributed by atoms with Crippen molar-refractivity contribution in [3.63, 3.8) is 0 Å². The maximum Gasteiger partial charge on any atom is 0.325 e. The van der Waals surface area contributed by atoms with Crippen molar-refractivity contribution in [2.24, 2.45) is 10.1 Å². The number of hydrazone groups is 1. The SMILES string of the molecule is COCCN1C(N/N=C(\C)c2ccccc2)=NC2C1C(=O)NC(=O)N2C. The molecule has 2 aliphatic rings. The molecule has 1 aromatic rings. The summed E-state index contributed by atoms with van der Waals surface area (Å²) in [6, 6.07) is 8.66. The smallest absolute Gasteiger partial charge is 0.325 e. The van der Waals surface area contributed by atoms with Crippen LogP contribution in [0.15, 0.2) is 40.4 Å². The molecule has 2 unspecified atom stereocenters. The van der Waals surface area contributed by atoms with E-state index in [1.165, 1.54) is 4.90 Å². The monoisotopic (exact) mass is 358 g/mol. The summed E-state index contributed by atoms with van der Waals surface area (Å²) in [5.41, 5.74) is 4.70. The van der Waals surface area contributed by atoms with E-state index in [4.69, 9.17) is 4.74 Å². The van der Waals surface area contributed by atoms with Gasteiger partial charge in [-0.1, -0.05) is 30.3 Å². The fraction of sp³-hybridized carbons (Fsp3) is 0.412. The van der Waals surface area contributed by atoms with Crippen LogP contribution < -0.4 is 10.7 Å². The van der Waals surface area contributed by atoms with Crippen LogP contribution in [0, 0.1) is 0 Å². The van der Waals surface area contributed by atoms with Crippen LogP contribution in [0.4, 0.5) is 4.79 Å². The fourth-order valence-corrected chi connectivity index (χ4v) is 2.93. The predicted molar refractivity (Wildman–Crippen MR) is 96.7 cm³/mol. The number of guanidine groups is 1. The number of urea groups is 1. The number of likely N-dealkylation sites (N-methyl/N-ethyl adjacent to an activating group) is 1. The van der Waals surface area contributed by atoms with Crippen molar-refractivity contribution >= 4 is 23.6 Å². The van der Waals surface area contributed by atoms with E-state index in [0.717, 1.165) is 11.3 Å². The van der Waals surface area contributed by atoms with Crippen LogP contribution in [-0.2, 0) is 9.53 Å². The lowest BCUT2D eigenvalue weighted by molar-refractivity contribution is -0.127. The summed E-state index contributed by atoms with van der Waals surface area (Å²) in [5.74, 6) is 0.0579. The van der Waals surface area contributed by atoms with E-state index in [9.17, 15) is 9.59 Å². The molecule has 0 aliphatic carbocycles. The molecule has 0 saturated carbocycles. The van der Waals surface area contributed by atoms with Crippen LogP contribution in [0.5, 0.6) is 0 Å². The number of hydrogen-bond acceptors (Lipinski definition) is 7. The Morgan fingerprint density at radius 2 is 2.08 bits per heavy atom. The van der Waals surface area contributed by atoms with E-state index in [1.807, 2.05) is 37.3 Å². The average molecular weight is 358 g/mol. The molecule has 2 atom stereocenters. The highest BCUT2D eigenvalue weighted by atomic mass is 16.5. The normalized spacial score (nSPS) is 22.9. The van der Waals surface area contributed by atoms with E-state index in [1.54, 1.807) is 19.1 Å². The highest BCUT2D eigenvalue weighted by Crippen LogP contribution is 2.23. The first kappa shape index (κ1) is 17.9. The zero-order valence-corrected chi connectivity index (χ0v) is 15.0. The standard InChI is InChI=1S/C17H22N6O3/c1-11(12-7-5-4-6-8-12)20-21-16-18-14-13(23(16)9-10-26-3)15(24)19-17(25)22(14)2/h4-8,13-14H,9-10H2,1-3H3,(H,18,21)(H,19,24,25)/b20-11+. The van der Waals surface area contributed by atoms with E-state index in [0.29, 0.717) is 19.1 Å². The Morgan fingerprint density at radius 1 is 1.35 bits per heavy atom. The number of hydrogen-bond donors (Lipinski definition) is 2. The van der Waals surface area contributed by atoms with Crippen molar-refractivity contribution in [2.75, 3.05) is 27.3 Å². The maximum atomic E-state index is 12.3. The van der Waals surface area contributed by atoms with Crippen molar-refractivity contribution in [1.29, 1.82) is 0 Å². The minimum absolute atomic E-state index is 0.376. The second-order valence-corrected chi connectivity index (χ2v) is 6.08. The van der Waals surface area contributed by atoms with Crippen LogP contribution in [0.3, 0.4) is 0 Å². The lowest BCUT2D eigenvalue weighted by atomic mass is 10.1. The fourth-order valence-electron chi connectivity index (χ4n) is 2.93. The average Bonchev–Trinajstić information content (AvgIpc) is 3.02. The van der Waals surface area contributed by atoms with Gasteiger partial charge in [0.1, 0.15) is 0 Å². The van der Waals surface area contributed by atoms with Gasteiger partial charge in [0.05, 0.1) is 12.3 Å². The topological polar surface area (TPSA) is 98.6 Å². The van der Waals surface area contributed by atoms with Crippen molar-refractivity contribution in [2.45, 2.75) is 19.1 Å². The molecule has 9 heteroatoms. The number of methoxy groups -OCH3 is 1. The number of ether oxygens (including phenoxy) is 1. The van der Waals surface area contributed by atoms with Crippen molar-refractivity contribution < 1.29 is 14.3 Å². The van der Waals surface area contributed by atoms with Crippen molar-refractivity contribution in [1.82, 2.24) is 20.5 Å². The summed E-state index contributed by atoms with van der Waals surface area (Å²) in [4.78, 5) is 31.9. The molecule has 9 nitrogen and oxygen atoms in total. The Balaban J connectivity index is 1.83. The third-order valence-electron chi connectivity index (χ3n) is 4.41. The van der Waals surface area contributed by atoms with Crippen LogP contribution in [0.1, 0.15) is 12.5 Å². The lowest BCUT2D eigenvalue weighted by Gasteiger charge is -2.35. The molecule has 3 rings (SSSR count). The number of carbonyl (C=O) groups is 2. The zero-order valence-electron chi connectivity index (χ0n) is 15.0. The summed E-state index contributed by atoms with van der Waals surface area (Å²) in [7, 11) is 3.20. The van der Waals surface area contributed by atoms with Gasteiger partial charge in [0.25, 0.3) is 5.91 Å². The summed E-state index contributed by atoms with van der Waals surface area (Å²) < 4.78 is 5.14. The molecule has 1 fully saturated rings. The van der Waals surface area contributed by atoms with Gasteiger partial charge in [0.2, 0.25) is 5.96 Å². The van der Waals surface area contributed by atoms with E-state index in [2.05, 4.69) is 20.8 Å². The molecule has 0 radical (unpaired) electrons. The van der Waals surface area contributed by atoms with Gasteiger partial charge in [-0.3, -0.25) is 10.1 Å². The Morgan fingerprint density at radius 3 is 2.77 bits per heavy atom. The van der Waals surface area contributed by atoms with Gasteiger partial charge in [0, 0.05) is 20.7 Å². The molecule has 0 aromatic heterocycles. The largest absolute Gasteiger partial charge is 0.383 e. The maximum absolute atomic E-state index is 12.3. The van der Waals surface area contributed by atoms with Gasteiger partial charge in [0.15, 0.2) is 12.2 Å². The number of rotatable bonds is 5. The highest BCUT2D eigenvalue weighted by molar-refractivity contribution is 6.04. The van der Waals surface area contributed by atoms with Crippen LogP contribution in [-0.4, -0.2) is 72.9 Å². The number of aliphatic imine (C=N–C) groups is 1.